The minimum atomic E-state index is -0.0563. The van der Waals surface area contributed by atoms with Crippen molar-refractivity contribution < 1.29 is 9.59 Å². The monoisotopic (exact) mass is 315 g/mol. The van der Waals surface area contributed by atoms with Crippen LogP contribution in [-0.2, 0) is 4.79 Å². The highest BCUT2D eigenvalue weighted by Gasteiger charge is 2.28. The number of benzene rings is 1. The van der Waals surface area contributed by atoms with Crippen LogP contribution in [0.25, 0.3) is 11.3 Å². The second-order valence-electron chi connectivity index (χ2n) is 5.41. The van der Waals surface area contributed by atoms with E-state index in [9.17, 15) is 9.59 Å². The summed E-state index contributed by atoms with van der Waals surface area (Å²) in [5.74, 6) is 0.0113. The van der Waals surface area contributed by atoms with Crippen molar-refractivity contribution in [2.75, 3.05) is 18.9 Å². The molecule has 2 heterocycles. The van der Waals surface area contributed by atoms with Crippen molar-refractivity contribution in [2.45, 2.75) is 18.9 Å². The first kappa shape index (κ1) is 14.9. The van der Waals surface area contributed by atoms with Crippen LogP contribution in [-0.4, -0.2) is 41.7 Å². The summed E-state index contributed by atoms with van der Waals surface area (Å²) in [6.45, 7) is 0.963. The summed E-state index contributed by atoms with van der Waals surface area (Å²) in [6.07, 6.45) is 2.77. The molecule has 22 heavy (non-hydrogen) atoms. The smallest absolute Gasteiger partial charge is 0.243 e. The lowest BCUT2D eigenvalue weighted by molar-refractivity contribution is -0.119. The van der Waals surface area contributed by atoms with Crippen molar-refractivity contribution in [1.29, 1.82) is 0 Å². The third kappa shape index (κ3) is 3.08. The normalized spacial score (nSPS) is 18.3. The van der Waals surface area contributed by atoms with E-state index >= 15 is 0 Å². The minimum absolute atomic E-state index is 0.0113. The number of likely N-dealkylation sites (tertiary alicyclic amines) is 1. The first-order valence-corrected chi connectivity index (χ1v) is 8.07. The first-order valence-electron chi connectivity index (χ1n) is 7.19. The van der Waals surface area contributed by atoms with Crippen LogP contribution in [0.5, 0.6) is 0 Å². The fourth-order valence-corrected chi connectivity index (χ4v) is 3.35. The van der Waals surface area contributed by atoms with E-state index in [1.165, 1.54) is 11.3 Å². The van der Waals surface area contributed by atoms with Crippen molar-refractivity contribution >= 4 is 28.7 Å². The van der Waals surface area contributed by atoms with Gasteiger partial charge in [-0.2, -0.15) is 0 Å². The number of rotatable bonds is 4. The zero-order chi connectivity index (χ0) is 15.5. The average Bonchev–Trinajstić information content (AvgIpc) is 3.16. The molecule has 0 spiro atoms. The molecule has 0 aliphatic carbocycles. The quantitative estimate of drug-likeness (QED) is 0.881. The largest absolute Gasteiger partial charge is 0.301 e. The average molecular weight is 315 g/mol. The van der Waals surface area contributed by atoms with Gasteiger partial charge in [0.2, 0.25) is 5.91 Å². The molecule has 114 valence electrons. The number of anilines is 1. The summed E-state index contributed by atoms with van der Waals surface area (Å²) < 4.78 is 0. The molecule has 1 fully saturated rings. The minimum Gasteiger partial charge on any atom is -0.301 e. The van der Waals surface area contributed by atoms with E-state index in [1.807, 2.05) is 24.6 Å². The van der Waals surface area contributed by atoms with Crippen LogP contribution in [0.15, 0.2) is 29.6 Å². The van der Waals surface area contributed by atoms with E-state index in [4.69, 9.17) is 0 Å². The molecule has 0 radical (unpaired) electrons. The molecule has 5 nitrogen and oxygen atoms in total. The molecule has 0 saturated carbocycles. The predicted molar refractivity (Wildman–Crippen MR) is 87.2 cm³/mol. The Bertz CT molecular complexity index is 681. The fourth-order valence-electron chi connectivity index (χ4n) is 2.63. The van der Waals surface area contributed by atoms with Crippen LogP contribution in [0.1, 0.15) is 23.2 Å². The number of nitrogens with zero attached hydrogens (tertiary/aromatic N) is 2. The van der Waals surface area contributed by atoms with E-state index < -0.39 is 0 Å². The third-order valence-electron chi connectivity index (χ3n) is 3.90. The van der Waals surface area contributed by atoms with Crippen LogP contribution in [0.3, 0.4) is 0 Å². The summed E-state index contributed by atoms with van der Waals surface area (Å²) in [5, 5.41) is 5.42. The predicted octanol–water partition coefficient (Wildman–Crippen LogP) is 2.66. The first-order chi connectivity index (χ1) is 10.7. The summed E-state index contributed by atoms with van der Waals surface area (Å²) in [5.41, 5.74) is 2.37. The molecular formula is C16H17N3O2S. The lowest BCUT2D eigenvalue weighted by atomic mass is 10.1. The number of nitrogens with one attached hydrogen (secondary N) is 1. The molecule has 1 aliphatic heterocycles. The summed E-state index contributed by atoms with van der Waals surface area (Å²) in [4.78, 5) is 29.4. The van der Waals surface area contributed by atoms with Gasteiger partial charge in [0, 0.05) is 16.5 Å². The van der Waals surface area contributed by atoms with Gasteiger partial charge in [0.1, 0.15) is 6.29 Å². The number of thiazole rings is 1. The van der Waals surface area contributed by atoms with E-state index in [-0.39, 0.29) is 11.9 Å². The Kier molecular flexibility index (Phi) is 4.31. The molecule has 0 bridgehead atoms. The van der Waals surface area contributed by atoms with Gasteiger partial charge in [0.05, 0.1) is 11.7 Å². The van der Waals surface area contributed by atoms with E-state index in [2.05, 4.69) is 15.2 Å². The Balaban J connectivity index is 1.70. The zero-order valence-electron chi connectivity index (χ0n) is 12.3. The maximum atomic E-state index is 12.2. The van der Waals surface area contributed by atoms with Crippen molar-refractivity contribution in [3.8, 4) is 11.3 Å². The van der Waals surface area contributed by atoms with E-state index in [0.29, 0.717) is 10.7 Å². The lowest BCUT2D eigenvalue weighted by Gasteiger charge is -2.17. The van der Waals surface area contributed by atoms with Crippen molar-refractivity contribution in [3.63, 3.8) is 0 Å². The maximum absolute atomic E-state index is 12.2. The molecular weight excluding hydrogens is 298 g/mol. The fraction of sp³-hybridized carbons (Fsp3) is 0.312. The van der Waals surface area contributed by atoms with Crippen LogP contribution >= 0.6 is 11.3 Å². The number of amides is 1. The van der Waals surface area contributed by atoms with Gasteiger partial charge in [-0.1, -0.05) is 24.3 Å². The molecule has 3 rings (SSSR count). The molecule has 2 aromatic rings. The molecule has 1 aliphatic rings. The van der Waals surface area contributed by atoms with Gasteiger partial charge in [-0.05, 0) is 26.4 Å². The van der Waals surface area contributed by atoms with Gasteiger partial charge in [-0.15, -0.1) is 11.3 Å². The Morgan fingerprint density at radius 3 is 2.82 bits per heavy atom. The van der Waals surface area contributed by atoms with Gasteiger partial charge < -0.3 is 5.32 Å². The molecule has 1 aromatic carbocycles. The molecule has 1 amide bonds. The molecule has 1 unspecified atom stereocenters. The highest BCUT2D eigenvalue weighted by atomic mass is 32.1. The zero-order valence-corrected chi connectivity index (χ0v) is 13.1. The molecule has 1 N–H and O–H groups in total. The summed E-state index contributed by atoms with van der Waals surface area (Å²) in [7, 11) is 1.97. The molecule has 1 atom stereocenters. The van der Waals surface area contributed by atoms with Gasteiger partial charge in [-0.3, -0.25) is 14.5 Å². The molecule has 1 saturated heterocycles. The van der Waals surface area contributed by atoms with Gasteiger partial charge in [0.15, 0.2) is 5.13 Å². The molecule has 1 aromatic heterocycles. The van der Waals surface area contributed by atoms with Crippen LogP contribution in [0.2, 0.25) is 0 Å². The number of hydrogen-bond acceptors (Lipinski definition) is 5. The van der Waals surface area contributed by atoms with Gasteiger partial charge in [0.25, 0.3) is 0 Å². The maximum Gasteiger partial charge on any atom is 0.243 e. The second kappa shape index (κ2) is 6.37. The standard InChI is InChI=1S/C16H17N3O2S/c1-19-8-2-3-14(19)15(21)18-16-17-13(10-22-16)12-6-4-11(9-20)5-7-12/h4-7,9-10,14H,2-3,8H2,1H3,(H,17,18,21). The summed E-state index contributed by atoms with van der Waals surface area (Å²) in [6, 6.07) is 7.17. The van der Waals surface area contributed by atoms with E-state index in [0.717, 1.165) is 36.9 Å². The number of likely N-dealkylation sites (N-methyl/N-ethyl adjacent to an activating group) is 1. The van der Waals surface area contributed by atoms with Crippen molar-refractivity contribution in [1.82, 2.24) is 9.88 Å². The number of aromatic nitrogens is 1. The third-order valence-corrected chi connectivity index (χ3v) is 4.66. The highest BCUT2D eigenvalue weighted by molar-refractivity contribution is 7.14. The molecule has 6 heteroatoms. The number of hydrogen-bond donors (Lipinski definition) is 1. The summed E-state index contributed by atoms with van der Waals surface area (Å²) >= 11 is 1.41. The topological polar surface area (TPSA) is 62.3 Å². The number of carbonyl (C=O) groups is 2. The number of aldehydes is 1. The van der Waals surface area contributed by atoms with Crippen molar-refractivity contribution in [3.05, 3.63) is 35.2 Å². The highest BCUT2D eigenvalue weighted by Crippen LogP contribution is 2.26. The van der Waals surface area contributed by atoms with Crippen LogP contribution < -0.4 is 5.32 Å². The van der Waals surface area contributed by atoms with Crippen LogP contribution in [0, 0.1) is 0 Å². The van der Waals surface area contributed by atoms with E-state index in [1.54, 1.807) is 12.1 Å². The van der Waals surface area contributed by atoms with Crippen LogP contribution in [0.4, 0.5) is 5.13 Å². The number of carbonyl (C=O) groups excluding carboxylic acids is 2. The Morgan fingerprint density at radius 1 is 1.41 bits per heavy atom. The second-order valence-corrected chi connectivity index (χ2v) is 6.26. The SMILES string of the molecule is CN1CCCC1C(=O)Nc1nc(-c2ccc(C=O)cc2)cs1. The van der Waals surface area contributed by atoms with Crippen molar-refractivity contribution in [2.24, 2.45) is 0 Å². The Labute approximate surface area is 133 Å². The lowest BCUT2D eigenvalue weighted by Crippen LogP contribution is -2.37. The Hall–Kier alpha value is -2.05. The Morgan fingerprint density at radius 2 is 2.18 bits per heavy atom. The van der Waals surface area contributed by atoms with Gasteiger partial charge in [-0.25, -0.2) is 4.98 Å². The van der Waals surface area contributed by atoms with Gasteiger partial charge >= 0.3 is 0 Å².